The van der Waals surface area contributed by atoms with Crippen molar-refractivity contribution in [2.24, 2.45) is 5.10 Å². The van der Waals surface area contributed by atoms with Gasteiger partial charge in [0.2, 0.25) is 0 Å². The molecule has 0 spiro atoms. The molecule has 0 unspecified atom stereocenters. The number of hydrogen-bond acceptors (Lipinski definition) is 6. The predicted octanol–water partition coefficient (Wildman–Crippen LogP) is 3.73. The van der Waals surface area contributed by atoms with E-state index in [1.54, 1.807) is 6.07 Å². The quantitative estimate of drug-likeness (QED) is 0.293. The average Bonchev–Trinajstić information content (AvgIpc) is 2.80. The number of hydrazone groups is 1. The highest BCUT2D eigenvalue weighted by atomic mass is 35.5. The summed E-state index contributed by atoms with van der Waals surface area (Å²) in [5.74, 6) is -1.53. The van der Waals surface area contributed by atoms with E-state index >= 15 is 0 Å². The van der Waals surface area contributed by atoms with Crippen LogP contribution in [0.3, 0.4) is 0 Å². The van der Waals surface area contributed by atoms with E-state index in [1.165, 1.54) is 54.6 Å². The number of sulfonamides is 1. The number of hydrogen-bond donors (Lipinski definition) is 1. The summed E-state index contributed by atoms with van der Waals surface area (Å²) in [5, 5.41) is 14.8. The number of anilines is 1. The third kappa shape index (κ3) is 5.70. The number of nitro benzene ring substituents is 1. The molecular formula is C21H16ClFN4O5S. The fourth-order valence-electron chi connectivity index (χ4n) is 2.77. The first-order chi connectivity index (χ1) is 15.7. The minimum atomic E-state index is -4.27. The summed E-state index contributed by atoms with van der Waals surface area (Å²) in [6.07, 6.45) is 0.985. The molecule has 0 aromatic heterocycles. The summed E-state index contributed by atoms with van der Waals surface area (Å²) < 4.78 is 41.0. The number of nitrogens with zero attached hydrogens (tertiary/aromatic N) is 3. The lowest BCUT2D eigenvalue weighted by molar-refractivity contribution is -0.384. The van der Waals surface area contributed by atoms with E-state index in [2.05, 4.69) is 10.5 Å². The van der Waals surface area contributed by atoms with Crippen molar-refractivity contribution < 1.29 is 22.5 Å². The summed E-state index contributed by atoms with van der Waals surface area (Å²) in [6, 6.07) is 16.1. The van der Waals surface area contributed by atoms with Crippen LogP contribution in [-0.2, 0) is 14.8 Å². The Labute approximate surface area is 193 Å². The molecule has 3 aromatic rings. The van der Waals surface area contributed by atoms with E-state index in [-0.39, 0.29) is 26.9 Å². The Morgan fingerprint density at radius 2 is 1.82 bits per heavy atom. The number of carbonyl (C=O) groups excluding carboxylic acids is 1. The zero-order chi connectivity index (χ0) is 24.0. The molecule has 0 aliphatic rings. The summed E-state index contributed by atoms with van der Waals surface area (Å²) in [4.78, 5) is 22.8. The highest BCUT2D eigenvalue weighted by Gasteiger charge is 2.28. The Kier molecular flexibility index (Phi) is 7.36. The van der Waals surface area contributed by atoms with Crippen LogP contribution in [0.5, 0.6) is 0 Å². The molecule has 33 heavy (non-hydrogen) atoms. The number of halogens is 2. The second-order valence-corrected chi connectivity index (χ2v) is 8.80. The van der Waals surface area contributed by atoms with Gasteiger partial charge in [-0.3, -0.25) is 19.2 Å². The fourth-order valence-corrected chi connectivity index (χ4v) is 4.41. The second-order valence-electron chi connectivity index (χ2n) is 6.53. The van der Waals surface area contributed by atoms with Crippen molar-refractivity contribution in [1.82, 2.24) is 5.43 Å². The van der Waals surface area contributed by atoms with Gasteiger partial charge in [-0.2, -0.15) is 5.10 Å². The molecule has 170 valence electrons. The summed E-state index contributed by atoms with van der Waals surface area (Å²) in [7, 11) is -4.27. The minimum absolute atomic E-state index is 0.0630. The lowest BCUT2D eigenvalue weighted by Gasteiger charge is -2.23. The summed E-state index contributed by atoms with van der Waals surface area (Å²) in [6.45, 7) is -0.749. The van der Waals surface area contributed by atoms with Crippen LogP contribution in [0.4, 0.5) is 15.8 Å². The van der Waals surface area contributed by atoms with E-state index in [0.717, 1.165) is 22.7 Å². The van der Waals surface area contributed by atoms with Crippen molar-refractivity contribution >= 4 is 45.1 Å². The zero-order valence-corrected chi connectivity index (χ0v) is 18.3. The van der Waals surface area contributed by atoms with Gasteiger partial charge in [-0.25, -0.2) is 18.2 Å². The lowest BCUT2D eigenvalue weighted by Crippen LogP contribution is -2.39. The molecule has 0 fully saturated rings. The average molecular weight is 491 g/mol. The molecule has 3 rings (SSSR count). The topological polar surface area (TPSA) is 122 Å². The van der Waals surface area contributed by atoms with Gasteiger partial charge in [0.15, 0.2) is 0 Å². The van der Waals surface area contributed by atoms with Gasteiger partial charge >= 0.3 is 0 Å². The van der Waals surface area contributed by atoms with Crippen LogP contribution in [0, 0.1) is 15.9 Å². The smallest absolute Gasteiger partial charge is 0.271 e. The van der Waals surface area contributed by atoms with Gasteiger partial charge in [-0.15, -0.1) is 0 Å². The molecule has 12 heteroatoms. The van der Waals surface area contributed by atoms with Gasteiger partial charge in [0, 0.05) is 17.7 Å². The Morgan fingerprint density at radius 1 is 1.12 bits per heavy atom. The number of non-ortho nitro benzene ring substituents is 1. The molecule has 0 atom stereocenters. The van der Waals surface area contributed by atoms with Crippen LogP contribution in [0.1, 0.15) is 5.56 Å². The van der Waals surface area contributed by atoms with E-state index in [0.29, 0.717) is 0 Å². The molecule has 1 N–H and O–H groups in total. The first kappa shape index (κ1) is 23.8. The van der Waals surface area contributed by atoms with E-state index in [9.17, 15) is 27.7 Å². The maximum atomic E-state index is 13.8. The third-order valence-electron chi connectivity index (χ3n) is 4.33. The van der Waals surface area contributed by atoms with Gasteiger partial charge in [0.05, 0.1) is 26.7 Å². The number of amides is 1. The van der Waals surface area contributed by atoms with Crippen molar-refractivity contribution in [1.29, 1.82) is 0 Å². The van der Waals surface area contributed by atoms with Crippen LogP contribution in [0.25, 0.3) is 0 Å². The molecular weight excluding hydrogens is 475 g/mol. The molecule has 0 saturated heterocycles. The summed E-state index contributed by atoms with van der Waals surface area (Å²) >= 11 is 5.89. The van der Waals surface area contributed by atoms with Crippen molar-refractivity contribution in [3.05, 3.63) is 99.3 Å². The summed E-state index contributed by atoms with van der Waals surface area (Å²) in [5.41, 5.74) is 1.60. The Hall–Kier alpha value is -3.83. The van der Waals surface area contributed by atoms with Gasteiger partial charge in [0.1, 0.15) is 12.4 Å². The first-order valence-corrected chi connectivity index (χ1v) is 11.1. The molecule has 1 amide bonds. The zero-order valence-electron chi connectivity index (χ0n) is 16.8. The number of carbonyl (C=O) groups is 1. The standard InChI is InChI=1S/C21H16ClFN4O5S/c22-19-10-5-11-20(23)18(19)13-24-25-21(28)14-26(15-6-4-7-16(12-15)27(29)30)33(31,32)17-8-2-1-3-9-17/h1-13H,14H2,(H,25,28)/b24-13-. The Bertz CT molecular complexity index is 1300. The molecule has 0 aliphatic carbocycles. The van der Waals surface area contributed by atoms with Crippen molar-refractivity contribution in [2.75, 3.05) is 10.8 Å². The molecule has 0 radical (unpaired) electrons. The molecule has 0 bridgehead atoms. The molecule has 0 saturated carbocycles. The van der Waals surface area contributed by atoms with E-state index in [4.69, 9.17) is 11.6 Å². The molecule has 0 aliphatic heterocycles. The van der Waals surface area contributed by atoms with Crippen LogP contribution in [0.15, 0.2) is 82.8 Å². The Balaban J connectivity index is 1.90. The van der Waals surface area contributed by atoms with Crippen LogP contribution in [-0.4, -0.2) is 32.0 Å². The largest absolute Gasteiger partial charge is 0.271 e. The van der Waals surface area contributed by atoms with Gasteiger partial charge in [-0.1, -0.05) is 41.9 Å². The number of benzene rings is 3. The molecule has 3 aromatic carbocycles. The SMILES string of the molecule is O=C(CN(c1cccc([N+](=O)[O-])c1)S(=O)(=O)c1ccccc1)N/N=C\c1c(F)cccc1Cl. The molecule has 9 nitrogen and oxygen atoms in total. The highest BCUT2D eigenvalue weighted by molar-refractivity contribution is 7.92. The van der Waals surface area contributed by atoms with Crippen LogP contribution >= 0.6 is 11.6 Å². The van der Waals surface area contributed by atoms with Gasteiger partial charge in [0.25, 0.3) is 21.6 Å². The normalized spacial score (nSPS) is 11.3. The van der Waals surface area contributed by atoms with Crippen molar-refractivity contribution in [3.63, 3.8) is 0 Å². The fraction of sp³-hybridized carbons (Fsp3) is 0.0476. The second kappa shape index (κ2) is 10.2. The number of nitrogens with one attached hydrogen (secondary N) is 1. The van der Waals surface area contributed by atoms with Crippen LogP contribution in [0.2, 0.25) is 5.02 Å². The van der Waals surface area contributed by atoms with Crippen molar-refractivity contribution in [2.45, 2.75) is 4.90 Å². The first-order valence-electron chi connectivity index (χ1n) is 9.28. The van der Waals surface area contributed by atoms with E-state index in [1.807, 2.05) is 0 Å². The van der Waals surface area contributed by atoms with Crippen molar-refractivity contribution in [3.8, 4) is 0 Å². The minimum Gasteiger partial charge on any atom is -0.271 e. The third-order valence-corrected chi connectivity index (χ3v) is 6.45. The van der Waals surface area contributed by atoms with Gasteiger partial charge < -0.3 is 0 Å². The number of nitro groups is 1. The van der Waals surface area contributed by atoms with Crippen LogP contribution < -0.4 is 9.73 Å². The predicted molar refractivity (Wildman–Crippen MR) is 121 cm³/mol. The monoisotopic (exact) mass is 490 g/mol. The Morgan fingerprint density at radius 3 is 2.48 bits per heavy atom. The van der Waals surface area contributed by atoms with Gasteiger partial charge in [-0.05, 0) is 30.3 Å². The lowest BCUT2D eigenvalue weighted by atomic mass is 10.2. The highest BCUT2D eigenvalue weighted by Crippen LogP contribution is 2.26. The van der Waals surface area contributed by atoms with E-state index < -0.39 is 33.2 Å². The maximum absolute atomic E-state index is 13.8. The number of rotatable bonds is 8. The maximum Gasteiger partial charge on any atom is 0.271 e. The molecule has 0 heterocycles.